The van der Waals surface area contributed by atoms with Crippen molar-refractivity contribution in [1.82, 2.24) is 19.2 Å². The number of hydrogen-bond donors (Lipinski definition) is 0. The molecule has 1 aromatic carbocycles. The normalized spacial score (nSPS) is 19.0. The second-order valence-electron chi connectivity index (χ2n) is 9.14. The van der Waals surface area contributed by atoms with Crippen molar-refractivity contribution in [3.63, 3.8) is 0 Å². The molecule has 0 radical (unpaired) electrons. The Morgan fingerprint density at radius 2 is 1.78 bits per heavy atom. The number of anilines is 1. The molecule has 0 saturated carbocycles. The van der Waals surface area contributed by atoms with Crippen LogP contribution in [0.15, 0.2) is 64.4 Å². The number of hydrogen-bond acceptors (Lipinski definition) is 7. The van der Waals surface area contributed by atoms with Gasteiger partial charge < -0.3 is 4.90 Å². The summed E-state index contributed by atoms with van der Waals surface area (Å²) in [4.78, 5) is 38.4. The molecule has 3 aromatic rings. The number of piperazine rings is 1. The molecule has 0 N–H and O–H groups in total. The van der Waals surface area contributed by atoms with Gasteiger partial charge in [0.25, 0.3) is 11.5 Å². The molecule has 9 heteroatoms. The molecule has 0 bridgehead atoms. The molecule has 1 atom stereocenters. The number of nitrogens with zero attached hydrogens (tertiary/aromatic N) is 5. The van der Waals surface area contributed by atoms with Crippen molar-refractivity contribution in [2.45, 2.75) is 32.9 Å². The fourth-order valence-corrected chi connectivity index (χ4v) is 6.04. The standard InChI is InChI=1S/C27H29N5O2S2/c1-3-19(2)32-26(34)22(36-27(32)35)17-21-24(28-23-11-7-8-12-31(23)25(21)33)30-15-13-29(14-16-30)18-20-9-5-4-6-10-20/h4-12,17,19H,3,13-16,18H2,1-2H3/b22-17-. The predicted molar refractivity (Wildman–Crippen MR) is 150 cm³/mol. The van der Waals surface area contributed by atoms with Crippen LogP contribution >= 0.6 is 24.0 Å². The van der Waals surface area contributed by atoms with Crippen molar-refractivity contribution in [2.75, 3.05) is 31.1 Å². The molecule has 1 amide bonds. The summed E-state index contributed by atoms with van der Waals surface area (Å²) >= 11 is 6.76. The van der Waals surface area contributed by atoms with Gasteiger partial charge in [0.2, 0.25) is 0 Å². The van der Waals surface area contributed by atoms with Crippen molar-refractivity contribution in [2.24, 2.45) is 0 Å². The number of thiocarbonyl (C=S) groups is 1. The maximum absolute atomic E-state index is 13.6. The lowest BCUT2D eigenvalue weighted by molar-refractivity contribution is -0.123. The molecular weight excluding hydrogens is 490 g/mol. The number of thioether (sulfide) groups is 1. The van der Waals surface area contributed by atoms with E-state index < -0.39 is 0 Å². The highest BCUT2D eigenvalue weighted by Gasteiger charge is 2.35. The SMILES string of the molecule is CCC(C)N1C(=O)/C(=C/c2c(N3CCN(Cc4ccccc4)CC3)nc3ccccn3c2=O)SC1=S. The lowest BCUT2D eigenvalue weighted by Crippen LogP contribution is -2.47. The Kier molecular flexibility index (Phi) is 7.22. The maximum atomic E-state index is 13.6. The number of benzene rings is 1. The minimum atomic E-state index is -0.184. The number of carbonyl (C=O) groups is 1. The van der Waals surface area contributed by atoms with Crippen LogP contribution in [0.4, 0.5) is 5.82 Å². The van der Waals surface area contributed by atoms with Gasteiger partial charge in [-0.15, -0.1) is 0 Å². The van der Waals surface area contributed by atoms with Crippen LogP contribution in [0.1, 0.15) is 31.4 Å². The monoisotopic (exact) mass is 519 g/mol. The van der Waals surface area contributed by atoms with E-state index in [-0.39, 0.29) is 17.5 Å². The molecule has 0 aliphatic carbocycles. The quantitative estimate of drug-likeness (QED) is 0.360. The van der Waals surface area contributed by atoms with E-state index >= 15 is 0 Å². The summed E-state index contributed by atoms with van der Waals surface area (Å²) in [6.45, 7) is 8.13. The Morgan fingerprint density at radius 1 is 1.06 bits per heavy atom. The van der Waals surface area contributed by atoms with Crippen LogP contribution in [-0.2, 0) is 11.3 Å². The van der Waals surface area contributed by atoms with Gasteiger partial charge in [-0.2, -0.15) is 0 Å². The maximum Gasteiger partial charge on any atom is 0.267 e. The van der Waals surface area contributed by atoms with Gasteiger partial charge in [0.05, 0.1) is 10.5 Å². The molecule has 2 aliphatic rings. The van der Waals surface area contributed by atoms with Gasteiger partial charge in [-0.25, -0.2) is 4.98 Å². The van der Waals surface area contributed by atoms with Gasteiger partial charge >= 0.3 is 0 Å². The molecule has 186 valence electrons. The molecule has 2 fully saturated rings. The van der Waals surface area contributed by atoms with E-state index in [1.165, 1.54) is 21.7 Å². The summed E-state index contributed by atoms with van der Waals surface area (Å²) in [5.74, 6) is 0.481. The average molecular weight is 520 g/mol. The third kappa shape index (κ3) is 4.83. The zero-order chi connectivity index (χ0) is 25.2. The molecule has 2 aliphatic heterocycles. The number of aromatic nitrogens is 2. The number of amides is 1. The molecule has 2 aromatic heterocycles. The number of carbonyl (C=O) groups excluding carboxylic acids is 1. The third-order valence-corrected chi connectivity index (χ3v) is 8.13. The molecule has 1 unspecified atom stereocenters. The summed E-state index contributed by atoms with van der Waals surface area (Å²) in [6.07, 6.45) is 4.22. The lowest BCUT2D eigenvalue weighted by Gasteiger charge is -2.36. The van der Waals surface area contributed by atoms with Crippen LogP contribution in [-0.4, -0.2) is 61.6 Å². The van der Waals surface area contributed by atoms with Crippen molar-refractivity contribution in [3.8, 4) is 0 Å². The first-order valence-corrected chi connectivity index (χ1v) is 13.5. The molecular formula is C27H29N5O2S2. The fourth-order valence-electron chi connectivity index (χ4n) is 4.59. The predicted octanol–water partition coefficient (Wildman–Crippen LogP) is 4.02. The van der Waals surface area contributed by atoms with E-state index in [2.05, 4.69) is 34.1 Å². The van der Waals surface area contributed by atoms with E-state index in [1.807, 2.05) is 38.1 Å². The van der Waals surface area contributed by atoms with Crippen molar-refractivity contribution in [3.05, 3.63) is 81.1 Å². The minimum Gasteiger partial charge on any atom is -0.353 e. The van der Waals surface area contributed by atoms with Crippen LogP contribution in [0.25, 0.3) is 11.7 Å². The summed E-state index contributed by atoms with van der Waals surface area (Å²) < 4.78 is 2.07. The Hall–Kier alpha value is -3.01. The highest BCUT2D eigenvalue weighted by Crippen LogP contribution is 2.35. The Labute approximate surface area is 220 Å². The first-order chi connectivity index (χ1) is 17.5. The summed E-state index contributed by atoms with van der Waals surface area (Å²) in [7, 11) is 0. The van der Waals surface area contributed by atoms with Crippen molar-refractivity contribution < 1.29 is 4.79 Å². The average Bonchev–Trinajstić information content (AvgIpc) is 3.18. The molecule has 36 heavy (non-hydrogen) atoms. The Morgan fingerprint density at radius 3 is 2.50 bits per heavy atom. The summed E-state index contributed by atoms with van der Waals surface area (Å²) in [5, 5.41) is 0. The second-order valence-corrected chi connectivity index (χ2v) is 10.8. The Balaban J connectivity index is 1.47. The summed E-state index contributed by atoms with van der Waals surface area (Å²) in [5.41, 5.74) is 2.13. The highest BCUT2D eigenvalue weighted by atomic mass is 32.2. The van der Waals surface area contributed by atoms with E-state index in [0.717, 1.165) is 39.1 Å². The number of fused-ring (bicyclic) bond motifs is 1. The fraction of sp³-hybridized carbons (Fsp3) is 0.333. The van der Waals surface area contributed by atoms with Crippen LogP contribution in [0.2, 0.25) is 0 Å². The molecule has 2 saturated heterocycles. The van der Waals surface area contributed by atoms with Gasteiger partial charge in [-0.05, 0) is 37.1 Å². The van der Waals surface area contributed by atoms with Gasteiger partial charge in [-0.1, -0.05) is 67.3 Å². The van der Waals surface area contributed by atoms with Crippen LogP contribution < -0.4 is 10.5 Å². The zero-order valence-corrected chi connectivity index (χ0v) is 22.1. The lowest BCUT2D eigenvalue weighted by atomic mass is 10.1. The number of rotatable bonds is 6. The van der Waals surface area contributed by atoms with Gasteiger partial charge in [-0.3, -0.25) is 23.8 Å². The third-order valence-electron chi connectivity index (χ3n) is 6.80. The van der Waals surface area contributed by atoms with Crippen LogP contribution in [0.5, 0.6) is 0 Å². The minimum absolute atomic E-state index is 0.0105. The first kappa shape index (κ1) is 24.7. The van der Waals surface area contributed by atoms with Crippen molar-refractivity contribution in [1.29, 1.82) is 0 Å². The molecule has 4 heterocycles. The van der Waals surface area contributed by atoms with E-state index in [9.17, 15) is 9.59 Å². The zero-order valence-electron chi connectivity index (χ0n) is 20.5. The van der Waals surface area contributed by atoms with Gasteiger partial charge in [0, 0.05) is 45.0 Å². The molecule has 7 nitrogen and oxygen atoms in total. The van der Waals surface area contributed by atoms with E-state index in [1.54, 1.807) is 17.2 Å². The Bertz CT molecular complexity index is 1380. The van der Waals surface area contributed by atoms with Gasteiger partial charge in [0.1, 0.15) is 15.8 Å². The van der Waals surface area contributed by atoms with Crippen LogP contribution in [0, 0.1) is 0 Å². The molecule has 0 spiro atoms. The van der Waals surface area contributed by atoms with E-state index in [4.69, 9.17) is 17.2 Å². The largest absolute Gasteiger partial charge is 0.353 e. The van der Waals surface area contributed by atoms with E-state index in [0.29, 0.717) is 26.3 Å². The smallest absolute Gasteiger partial charge is 0.267 e. The highest BCUT2D eigenvalue weighted by molar-refractivity contribution is 8.26. The molecule has 5 rings (SSSR count). The number of pyridine rings is 1. The first-order valence-electron chi connectivity index (χ1n) is 12.3. The topological polar surface area (TPSA) is 61.2 Å². The second kappa shape index (κ2) is 10.5. The van der Waals surface area contributed by atoms with Crippen molar-refractivity contribution >= 4 is 51.7 Å². The van der Waals surface area contributed by atoms with Crippen LogP contribution in [0.3, 0.4) is 0 Å². The summed E-state index contributed by atoms with van der Waals surface area (Å²) in [6, 6.07) is 16.0. The van der Waals surface area contributed by atoms with Gasteiger partial charge in [0.15, 0.2) is 0 Å².